The van der Waals surface area contributed by atoms with Gasteiger partial charge in [0.2, 0.25) is 0 Å². The van der Waals surface area contributed by atoms with Crippen LogP contribution < -0.4 is 9.47 Å². The fourth-order valence-corrected chi connectivity index (χ4v) is 3.89. The molecule has 0 saturated heterocycles. The van der Waals surface area contributed by atoms with Crippen LogP contribution in [0.2, 0.25) is 0 Å². The lowest BCUT2D eigenvalue weighted by molar-refractivity contribution is -0.137. The molecule has 0 fully saturated rings. The highest BCUT2D eigenvalue weighted by Crippen LogP contribution is 2.31. The van der Waals surface area contributed by atoms with Crippen molar-refractivity contribution in [1.82, 2.24) is 4.57 Å². The number of para-hydroxylation sites is 1. The van der Waals surface area contributed by atoms with Gasteiger partial charge in [-0.15, -0.1) is 0 Å². The number of hydrogen-bond acceptors (Lipinski definition) is 3. The second-order valence-corrected chi connectivity index (χ2v) is 7.75. The second kappa shape index (κ2) is 9.56. The van der Waals surface area contributed by atoms with E-state index < -0.39 is 5.97 Å². The van der Waals surface area contributed by atoms with Crippen molar-refractivity contribution >= 4 is 27.8 Å². The molecule has 0 amide bonds. The average molecular weight is 418 g/mol. The number of unbranched alkanes of at least 4 members (excludes halogenated alkanes) is 2. The van der Waals surface area contributed by atoms with Gasteiger partial charge >= 0.3 is 5.97 Å². The molecule has 3 aromatic carbocycles. The third kappa shape index (κ3) is 5.00. The zero-order valence-electron chi connectivity index (χ0n) is 17.7. The first-order chi connectivity index (χ1) is 15.1. The summed E-state index contributed by atoms with van der Waals surface area (Å²) < 4.78 is 13.6. The number of benzene rings is 3. The smallest absolute Gasteiger partial charge is 0.323 e. The van der Waals surface area contributed by atoms with E-state index in [4.69, 9.17) is 9.47 Å². The highest BCUT2D eigenvalue weighted by molar-refractivity contribution is 6.08. The number of carboxylic acid groups (broad SMARTS) is 1. The van der Waals surface area contributed by atoms with E-state index in [-0.39, 0.29) is 6.54 Å². The van der Waals surface area contributed by atoms with Crippen molar-refractivity contribution in [3.63, 3.8) is 0 Å². The van der Waals surface area contributed by atoms with Crippen LogP contribution in [0.5, 0.6) is 11.5 Å². The van der Waals surface area contributed by atoms with Crippen molar-refractivity contribution in [2.45, 2.75) is 32.7 Å². The average Bonchev–Trinajstić information content (AvgIpc) is 3.06. The van der Waals surface area contributed by atoms with Gasteiger partial charge in [-0.05, 0) is 62.1 Å². The van der Waals surface area contributed by atoms with Gasteiger partial charge in [-0.2, -0.15) is 0 Å². The Morgan fingerprint density at radius 2 is 1.52 bits per heavy atom. The van der Waals surface area contributed by atoms with Crippen LogP contribution in [0.25, 0.3) is 21.8 Å². The molecule has 1 N–H and O–H groups in total. The Kier molecular flexibility index (Phi) is 6.41. The second-order valence-electron chi connectivity index (χ2n) is 7.75. The van der Waals surface area contributed by atoms with E-state index in [1.165, 1.54) is 5.56 Å². The Morgan fingerprint density at radius 3 is 2.26 bits per heavy atom. The predicted molar refractivity (Wildman–Crippen MR) is 123 cm³/mol. The van der Waals surface area contributed by atoms with Crippen LogP contribution in [0.4, 0.5) is 0 Å². The Hall–Kier alpha value is -3.47. The molecule has 31 heavy (non-hydrogen) atoms. The topological polar surface area (TPSA) is 60.7 Å². The number of hydrogen-bond donors (Lipinski definition) is 1. The van der Waals surface area contributed by atoms with E-state index in [0.717, 1.165) is 52.6 Å². The van der Waals surface area contributed by atoms with E-state index in [0.29, 0.717) is 13.2 Å². The van der Waals surface area contributed by atoms with Crippen molar-refractivity contribution < 1.29 is 19.4 Å². The first-order valence-corrected chi connectivity index (χ1v) is 10.7. The molecule has 4 aromatic rings. The molecule has 0 bridgehead atoms. The number of rotatable bonds is 10. The molecular weight excluding hydrogens is 390 g/mol. The number of fused-ring (bicyclic) bond motifs is 3. The molecule has 160 valence electrons. The summed E-state index contributed by atoms with van der Waals surface area (Å²) in [6.07, 6.45) is 2.93. The summed E-state index contributed by atoms with van der Waals surface area (Å²) in [7, 11) is 0. The van der Waals surface area contributed by atoms with Gasteiger partial charge in [0.25, 0.3) is 0 Å². The van der Waals surface area contributed by atoms with Crippen molar-refractivity contribution in [1.29, 1.82) is 0 Å². The Morgan fingerprint density at radius 1 is 0.806 bits per heavy atom. The van der Waals surface area contributed by atoms with Gasteiger partial charge in [0.1, 0.15) is 18.0 Å². The molecule has 0 radical (unpaired) electrons. The minimum Gasteiger partial charge on any atom is -0.494 e. The highest BCUT2D eigenvalue weighted by atomic mass is 16.5. The minimum absolute atomic E-state index is 0.0750. The first-order valence-electron chi connectivity index (χ1n) is 10.7. The van der Waals surface area contributed by atoms with Crippen LogP contribution in [0.15, 0.2) is 66.7 Å². The zero-order valence-corrected chi connectivity index (χ0v) is 17.7. The van der Waals surface area contributed by atoms with Crippen molar-refractivity contribution in [3.8, 4) is 11.5 Å². The van der Waals surface area contributed by atoms with E-state index in [1.54, 1.807) is 0 Å². The fraction of sp³-hybridized carbons (Fsp3) is 0.269. The lowest BCUT2D eigenvalue weighted by Crippen LogP contribution is -2.08. The summed E-state index contributed by atoms with van der Waals surface area (Å²) in [6.45, 7) is 3.30. The normalized spacial score (nSPS) is 11.1. The van der Waals surface area contributed by atoms with Gasteiger partial charge < -0.3 is 19.1 Å². The molecule has 0 spiro atoms. The largest absolute Gasteiger partial charge is 0.494 e. The highest BCUT2D eigenvalue weighted by Gasteiger charge is 2.13. The predicted octanol–water partition coefficient (Wildman–Crippen LogP) is 5.82. The van der Waals surface area contributed by atoms with Gasteiger partial charge in [0.05, 0.1) is 18.7 Å². The number of aryl methyl sites for hydroxylation is 1. The molecule has 5 nitrogen and oxygen atoms in total. The Labute approximate surface area is 181 Å². The van der Waals surface area contributed by atoms with Crippen LogP contribution in [0.1, 0.15) is 24.8 Å². The number of nitrogens with zero attached hydrogens (tertiary/aromatic N) is 1. The maximum Gasteiger partial charge on any atom is 0.323 e. The molecule has 0 unspecified atom stereocenters. The Balaban J connectivity index is 1.32. The summed E-state index contributed by atoms with van der Waals surface area (Å²) in [5.74, 6) is 0.820. The molecule has 1 aromatic heterocycles. The molecule has 0 saturated carbocycles. The number of ether oxygens (including phenoxy) is 2. The molecule has 5 heteroatoms. The maximum atomic E-state index is 11.4. The SMILES string of the molecule is Cc1cccc(OCCCCCOc2ccc3c4ccccc4n(CC(=O)O)c3c2)c1. The van der Waals surface area contributed by atoms with Gasteiger partial charge in [0.15, 0.2) is 0 Å². The lowest BCUT2D eigenvalue weighted by Gasteiger charge is -2.09. The van der Waals surface area contributed by atoms with E-state index in [1.807, 2.05) is 65.2 Å². The van der Waals surface area contributed by atoms with Crippen molar-refractivity contribution in [2.75, 3.05) is 13.2 Å². The Bertz CT molecular complexity index is 1190. The first kappa shape index (κ1) is 20.8. The third-order valence-corrected chi connectivity index (χ3v) is 5.35. The summed E-state index contributed by atoms with van der Waals surface area (Å²) >= 11 is 0. The van der Waals surface area contributed by atoms with Gasteiger partial charge in [-0.1, -0.05) is 30.3 Å². The molecule has 0 aliphatic rings. The quantitative estimate of drug-likeness (QED) is 0.331. The van der Waals surface area contributed by atoms with Crippen LogP contribution in [0, 0.1) is 6.92 Å². The van der Waals surface area contributed by atoms with Gasteiger partial charge in [-0.3, -0.25) is 4.79 Å². The summed E-state index contributed by atoms with van der Waals surface area (Å²) in [4.78, 5) is 11.4. The minimum atomic E-state index is -0.859. The van der Waals surface area contributed by atoms with Crippen molar-refractivity contribution in [2.24, 2.45) is 0 Å². The molecule has 0 atom stereocenters. The monoisotopic (exact) mass is 417 g/mol. The van der Waals surface area contributed by atoms with Crippen molar-refractivity contribution in [3.05, 3.63) is 72.3 Å². The van der Waals surface area contributed by atoms with E-state index in [9.17, 15) is 9.90 Å². The molecular formula is C26H27NO4. The van der Waals surface area contributed by atoms with Gasteiger partial charge in [0, 0.05) is 22.4 Å². The van der Waals surface area contributed by atoms with Crippen LogP contribution in [-0.4, -0.2) is 28.9 Å². The summed E-state index contributed by atoms with van der Waals surface area (Å²) in [5.41, 5.74) is 3.00. The van der Waals surface area contributed by atoms with E-state index in [2.05, 4.69) is 13.0 Å². The molecule has 1 heterocycles. The molecule has 4 rings (SSSR count). The summed E-state index contributed by atoms with van der Waals surface area (Å²) in [5, 5.41) is 11.4. The number of carboxylic acids is 1. The molecule has 0 aliphatic heterocycles. The van der Waals surface area contributed by atoms with Crippen LogP contribution in [-0.2, 0) is 11.3 Å². The van der Waals surface area contributed by atoms with Gasteiger partial charge in [-0.25, -0.2) is 0 Å². The van der Waals surface area contributed by atoms with E-state index >= 15 is 0 Å². The van der Waals surface area contributed by atoms with Crippen LogP contribution >= 0.6 is 0 Å². The summed E-state index contributed by atoms with van der Waals surface area (Å²) in [6, 6.07) is 21.9. The molecule has 0 aliphatic carbocycles. The third-order valence-electron chi connectivity index (χ3n) is 5.35. The zero-order chi connectivity index (χ0) is 21.6. The maximum absolute atomic E-state index is 11.4. The number of aromatic nitrogens is 1. The fourth-order valence-electron chi connectivity index (χ4n) is 3.89. The number of carbonyl (C=O) groups is 1. The lowest BCUT2D eigenvalue weighted by atomic mass is 10.1. The number of aliphatic carboxylic acids is 1. The standard InChI is InChI=1S/C26H27NO4/c1-19-8-7-9-20(16-19)30-14-5-2-6-15-31-21-12-13-23-22-10-3-4-11-24(22)27(18-26(28)29)25(23)17-21/h3-4,7-13,16-17H,2,5-6,14-15,18H2,1H3,(H,28,29). The van der Waals surface area contributed by atoms with Crippen LogP contribution in [0.3, 0.4) is 0 Å².